The Morgan fingerprint density at radius 1 is 0.167 bits per heavy atom. The maximum absolute atomic E-state index is 2.46. The molecule has 0 atom stereocenters. The van der Waals surface area contributed by atoms with Gasteiger partial charge in [0, 0.05) is 0 Å². The zero-order valence-corrected chi connectivity index (χ0v) is 33.6. The Kier molecular flexibility index (Phi) is 7.49. The number of fused-ring (bicyclic) bond motifs is 9. The minimum Gasteiger partial charge on any atom is -0.0620 e. The second-order valence-corrected chi connectivity index (χ2v) is 17.7. The Bertz CT molecular complexity index is 3060. The molecule has 60 heavy (non-hydrogen) atoms. The Morgan fingerprint density at radius 2 is 0.400 bits per heavy atom. The molecule has 3 aliphatic carbocycles. The molecular weight excluding hydrogens is 721 g/mol. The van der Waals surface area contributed by atoms with Gasteiger partial charge in [0.1, 0.15) is 0 Å². The van der Waals surface area contributed by atoms with E-state index in [4.69, 9.17) is 0 Å². The van der Waals surface area contributed by atoms with Crippen LogP contribution in [0, 0.1) is 0 Å². The van der Waals surface area contributed by atoms with E-state index in [0.717, 1.165) is 38.5 Å². The molecule has 0 heteroatoms. The van der Waals surface area contributed by atoms with Crippen molar-refractivity contribution in [2.75, 3.05) is 0 Å². The first-order valence-corrected chi connectivity index (χ1v) is 21.6. The highest BCUT2D eigenvalue weighted by Gasteiger charge is 2.20. The fraction of sp³-hybridized carbons (Fsp3) is 0.100. The molecule has 0 N–H and O–H groups in total. The highest BCUT2D eigenvalue weighted by molar-refractivity contribution is 5.95. The largest absolute Gasteiger partial charge is 0.0620 e. The molecule has 0 aliphatic heterocycles. The highest BCUT2D eigenvalue weighted by atomic mass is 14.2. The molecule has 282 valence electrons. The summed E-state index contributed by atoms with van der Waals surface area (Å²) in [6.07, 6.45) is 6.04. The van der Waals surface area contributed by atoms with Crippen molar-refractivity contribution in [1.29, 1.82) is 0 Å². The lowest BCUT2D eigenvalue weighted by molar-refractivity contribution is 1.01. The molecule has 0 saturated heterocycles. The molecule has 0 bridgehead atoms. The van der Waals surface area contributed by atoms with Crippen molar-refractivity contribution in [3.63, 3.8) is 0 Å². The fourth-order valence-electron chi connectivity index (χ4n) is 10.8. The summed E-state index contributed by atoms with van der Waals surface area (Å²) in [5.41, 5.74) is 25.0. The predicted octanol–water partition coefficient (Wildman–Crippen LogP) is 14.6. The summed E-state index contributed by atoms with van der Waals surface area (Å²) in [5, 5.41) is 7.88. The second kappa shape index (κ2) is 13.2. The third kappa shape index (κ3) is 5.74. The van der Waals surface area contributed by atoms with Gasteiger partial charge < -0.3 is 0 Å². The van der Waals surface area contributed by atoms with E-state index in [1.165, 1.54) is 132 Å². The number of hydrogen-bond acceptors (Lipinski definition) is 0. The molecule has 0 fully saturated rings. The minimum atomic E-state index is 1.00. The third-order valence-corrected chi connectivity index (χ3v) is 14.0. The summed E-state index contributed by atoms with van der Waals surface area (Å²) in [7, 11) is 0. The molecule has 0 amide bonds. The molecule has 0 heterocycles. The number of hydrogen-bond donors (Lipinski definition) is 0. The average molecular weight is 763 g/mol. The standard InChI is InChI=1S/C60H42/c1-4-10-40-22-58-34-49-25-43(13-16-46(49)28-55(58)19-37(40)7-1)52-31-53(44-14-17-47-29-56-20-38-8-2-5-11-41(38)23-59(56)35-50(47)26-44)33-54(32-52)45-15-18-48-30-57-21-39-9-3-6-12-42(39)24-60(57)36-51(48)27-45/h1-18,25-36H,19-24H2. The van der Waals surface area contributed by atoms with E-state index in [9.17, 15) is 0 Å². The van der Waals surface area contributed by atoms with Crippen LogP contribution in [0.5, 0.6) is 0 Å². The summed E-state index contributed by atoms with van der Waals surface area (Å²) in [4.78, 5) is 0. The lowest BCUT2D eigenvalue weighted by Gasteiger charge is -2.21. The first kappa shape index (κ1) is 33.9. The smallest absolute Gasteiger partial charge is 0.00199 e. The van der Waals surface area contributed by atoms with Crippen LogP contribution >= 0.6 is 0 Å². The number of benzene rings is 10. The summed E-state index contributed by atoms with van der Waals surface area (Å²) >= 11 is 0. The van der Waals surface area contributed by atoms with Gasteiger partial charge in [-0.25, -0.2) is 0 Å². The van der Waals surface area contributed by atoms with E-state index in [-0.39, 0.29) is 0 Å². The molecule has 10 aromatic carbocycles. The van der Waals surface area contributed by atoms with Crippen molar-refractivity contribution in [1.82, 2.24) is 0 Å². The third-order valence-electron chi connectivity index (χ3n) is 14.0. The van der Waals surface area contributed by atoms with Crippen LogP contribution in [-0.4, -0.2) is 0 Å². The molecule has 0 saturated carbocycles. The number of rotatable bonds is 3. The molecule has 0 nitrogen and oxygen atoms in total. The monoisotopic (exact) mass is 762 g/mol. The zero-order chi connectivity index (χ0) is 39.3. The van der Waals surface area contributed by atoms with Crippen molar-refractivity contribution < 1.29 is 0 Å². The average Bonchev–Trinajstić information content (AvgIpc) is 3.29. The summed E-state index contributed by atoms with van der Waals surface area (Å²) < 4.78 is 0. The van der Waals surface area contributed by atoms with E-state index < -0.39 is 0 Å². The molecule has 13 rings (SSSR count). The van der Waals surface area contributed by atoms with E-state index in [2.05, 4.69) is 182 Å². The highest BCUT2D eigenvalue weighted by Crippen LogP contribution is 2.39. The van der Waals surface area contributed by atoms with Gasteiger partial charge in [-0.3, -0.25) is 0 Å². The topological polar surface area (TPSA) is 0 Å². The van der Waals surface area contributed by atoms with Gasteiger partial charge in [0.25, 0.3) is 0 Å². The fourth-order valence-corrected chi connectivity index (χ4v) is 10.8. The van der Waals surface area contributed by atoms with Gasteiger partial charge in [0.15, 0.2) is 0 Å². The van der Waals surface area contributed by atoms with Crippen molar-refractivity contribution in [2.45, 2.75) is 38.5 Å². The van der Waals surface area contributed by atoms with E-state index in [1.54, 1.807) is 0 Å². The van der Waals surface area contributed by atoms with Crippen LogP contribution in [0.15, 0.2) is 182 Å². The SMILES string of the molecule is c1ccc2c(c1)Cc1cc3ccc(-c4cc(-c5ccc6cc7c(cc6c5)Cc5ccccc5C7)cc(-c5ccc6cc7c(cc6c5)Cc5ccccc5C7)c4)cc3cc1C2. The lowest BCUT2D eigenvalue weighted by Crippen LogP contribution is -2.07. The van der Waals surface area contributed by atoms with Crippen LogP contribution in [0.25, 0.3) is 65.7 Å². The molecule has 10 aromatic rings. The molecule has 0 radical (unpaired) electrons. The van der Waals surface area contributed by atoms with Crippen LogP contribution in [-0.2, 0) is 38.5 Å². The molecule has 3 aliphatic rings. The maximum atomic E-state index is 2.46. The van der Waals surface area contributed by atoms with Gasteiger partial charge >= 0.3 is 0 Å². The Morgan fingerprint density at radius 3 is 0.650 bits per heavy atom. The second-order valence-electron chi connectivity index (χ2n) is 17.7. The van der Waals surface area contributed by atoms with Gasteiger partial charge in [-0.1, -0.05) is 146 Å². The van der Waals surface area contributed by atoms with Gasteiger partial charge in [-0.05, 0) is 207 Å². The van der Waals surface area contributed by atoms with Crippen molar-refractivity contribution in [3.8, 4) is 33.4 Å². The van der Waals surface area contributed by atoms with Crippen LogP contribution < -0.4 is 0 Å². The van der Waals surface area contributed by atoms with Crippen molar-refractivity contribution >= 4 is 32.3 Å². The Labute approximate surface area is 351 Å². The van der Waals surface area contributed by atoms with Crippen LogP contribution in [0.1, 0.15) is 66.8 Å². The van der Waals surface area contributed by atoms with E-state index >= 15 is 0 Å². The zero-order valence-electron chi connectivity index (χ0n) is 33.6. The Balaban J connectivity index is 0.934. The van der Waals surface area contributed by atoms with Crippen LogP contribution in [0.3, 0.4) is 0 Å². The van der Waals surface area contributed by atoms with Crippen LogP contribution in [0.4, 0.5) is 0 Å². The van der Waals surface area contributed by atoms with Gasteiger partial charge in [0.2, 0.25) is 0 Å². The van der Waals surface area contributed by atoms with E-state index in [0.29, 0.717) is 0 Å². The summed E-state index contributed by atoms with van der Waals surface area (Å²) in [5.74, 6) is 0. The molecule has 0 spiro atoms. The van der Waals surface area contributed by atoms with Gasteiger partial charge in [-0.15, -0.1) is 0 Å². The summed E-state index contributed by atoms with van der Waals surface area (Å²) in [6, 6.07) is 70.1. The predicted molar refractivity (Wildman–Crippen MR) is 251 cm³/mol. The first-order valence-electron chi connectivity index (χ1n) is 21.6. The van der Waals surface area contributed by atoms with Crippen molar-refractivity contribution in [3.05, 3.63) is 249 Å². The first-order chi connectivity index (χ1) is 29.6. The van der Waals surface area contributed by atoms with Crippen molar-refractivity contribution in [2.24, 2.45) is 0 Å². The molecular formula is C60H42. The Hall–Kier alpha value is -7.02. The summed E-state index contributed by atoms with van der Waals surface area (Å²) in [6.45, 7) is 0. The lowest BCUT2D eigenvalue weighted by atomic mass is 9.83. The normalized spacial score (nSPS) is 13.6. The van der Waals surface area contributed by atoms with Gasteiger partial charge in [0.05, 0.1) is 0 Å². The van der Waals surface area contributed by atoms with Crippen LogP contribution in [0.2, 0.25) is 0 Å². The maximum Gasteiger partial charge on any atom is -0.00199 e. The molecule has 0 unspecified atom stereocenters. The van der Waals surface area contributed by atoms with E-state index in [1.807, 2.05) is 0 Å². The van der Waals surface area contributed by atoms with Gasteiger partial charge in [-0.2, -0.15) is 0 Å². The minimum absolute atomic E-state index is 1.00. The molecule has 0 aromatic heterocycles. The quantitative estimate of drug-likeness (QED) is 0.168.